The molecule has 1 saturated heterocycles. The summed E-state index contributed by atoms with van der Waals surface area (Å²) in [6.07, 6.45) is 4.32. The minimum Gasteiger partial charge on any atom is -0.467 e. The molecule has 7 nitrogen and oxygen atoms in total. The Bertz CT molecular complexity index is 791. The number of ether oxygens (including phenoxy) is 1. The summed E-state index contributed by atoms with van der Waals surface area (Å²) in [4.78, 5) is 42.6. The third-order valence-corrected chi connectivity index (χ3v) is 7.62. The molecule has 0 spiro atoms. The number of methoxy groups -OCH3 is 1. The Balaban J connectivity index is 3.16. The molecule has 0 aliphatic carbocycles. The first-order chi connectivity index (χ1) is 16.5. The van der Waals surface area contributed by atoms with Gasteiger partial charge in [-0.3, -0.25) is 9.59 Å². The highest BCUT2D eigenvalue weighted by molar-refractivity contribution is 5.96. The monoisotopic (exact) mass is 507 g/mol. The van der Waals surface area contributed by atoms with Gasteiger partial charge in [-0.15, -0.1) is 0 Å². The van der Waals surface area contributed by atoms with Gasteiger partial charge in [-0.25, -0.2) is 4.79 Å². The zero-order valence-electron chi connectivity index (χ0n) is 25.0. The second-order valence-corrected chi connectivity index (χ2v) is 12.9. The third kappa shape index (κ3) is 8.32. The van der Waals surface area contributed by atoms with E-state index in [0.29, 0.717) is 24.5 Å². The van der Waals surface area contributed by atoms with E-state index >= 15 is 0 Å². The van der Waals surface area contributed by atoms with E-state index in [4.69, 9.17) is 4.74 Å². The average Bonchev–Trinajstić information content (AvgIpc) is 3.26. The van der Waals surface area contributed by atoms with Crippen LogP contribution in [-0.2, 0) is 19.1 Å². The average molecular weight is 508 g/mol. The fourth-order valence-electron chi connectivity index (χ4n) is 5.13. The van der Waals surface area contributed by atoms with Crippen LogP contribution in [0.25, 0.3) is 0 Å². The van der Waals surface area contributed by atoms with Gasteiger partial charge in [0, 0.05) is 19.2 Å². The maximum atomic E-state index is 13.9. The SMILES string of the molecule is CC[C@H](CN[C@H](C(=O)N(C)[C@H](/C=C(\C)C(=O)N1CCC[C@H]1C(=O)OC)C(C)C)C(C)(C)C)C(C)(C)C. The summed E-state index contributed by atoms with van der Waals surface area (Å²) in [7, 11) is 3.18. The molecule has 0 saturated carbocycles. The molecule has 4 atom stereocenters. The number of nitrogens with zero attached hydrogens (tertiary/aromatic N) is 2. The summed E-state index contributed by atoms with van der Waals surface area (Å²) in [6.45, 7) is 22.4. The Morgan fingerprint density at radius 2 is 1.69 bits per heavy atom. The van der Waals surface area contributed by atoms with Gasteiger partial charge in [-0.05, 0) is 49.0 Å². The minimum atomic E-state index is -0.536. The summed E-state index contributed by atoms with van der Waals surface area (Å²) >= 11 is 0. The van der Waals surface area contributed by atoms with Crippen molar-refractivity contribution in [3.63, 3.8) is 0 Å². The van der Waals surface area contributed by atoms with Crippen LogP contribution in [0.2, 0.25) is 0 Å². The van der Waals surface area contributed by atoms with E-state index < -0.39 is 6.04 Å². The molecule has 1 heterocycles. The number of nitrogens with one attached hydrogen (secondary N) is 1. The minimum absolute atomic E-state index is 0.0232. The summed E-state index contributed by atoms with van der Waals surface area (Å²) < 4.78 is 4.90. The second kappa shape index (κ2) is 13.1. The van der Waals surface area contributed by atoms with Gasteiger partial charge in [0.15, 0.2) is 0 Å². The first-order valence-corrected chi connectivity index (χ1v) is 13.5. The van der Waals surface area contributed by atoms with Gasteiger partial charge in [-0.1, -0.05) is 74.8 Å². The lowest BCUT2D eigenvalue weighted by molar-refractivity contribution is -0.149. The van der Waals surface area contributed by atoms with Crippen LogP contribution in [0.15, 0.2) is 11.6 Å². The third-order valence-electron chi connectivity index (χ3n) is 7.62. The van der Waals surface area contributed by atoms with Crippen molar-refractivity contribution in [3.05, 3.63) is 11.6 Å². The van der Waals surface area contributed by atoms with Gasteiger partial charge >= 0.3 is 5.97 Å². The number of carbonyl (C=O) groups excluding carboxylic acids is 3. The molecule has 2 amide bonds. The molecule has 1 rings (SSSR count). The van der Waals surface area contributed by atoms with Crippen LogP contribution in [-0.4, -0.2) is 73.0 Å². The lowest BCUT2D eigenvalue weighted by atomic mass is 9.78. The highest BCUT2D eigenvalue weighted by Crippen LogP contribution is 2.30. The molecule has 7 heteroatoms. The number of hydrogen-bond acceptors (Lipinski definition) is 5. The molecule has 0 unspecified atom stereocenters. The van der Waals surface area contributed by atoms with Gasteiger partial charge in [-0.2, -0.15) is 0 Å². The molecule has 0 radical (unpaired) electrons. The van der Waals surface area contributed by atoms with Crippen LogP contribution in [0, 0.1) is 22.7 Å². The van der Waals surface area contributed by atoms with E-state index in [0.717, 1.165) is 19.4 Å². The number of likely N-dealkylation sites (tertiary alicyclic amines) is 1. The van der Waals surface area contributed by atoms with Crippen LogP contribution < -0.4 is 5.32 Å². The number of amides is 2. The van der Waals surface area contributed by atoms with Crippen molar-refractivity contribution < 1.29 is 19.1 Å². The highest BCUT2D eigenvalue weighted by Gasteiger charge is 2.38. The Labute approximate surface area is 220 Å². The number of likely N-dealkylation sites (N-methyl/N-ethyl adjacent to an activating group) is 1. The van der Waals surface area contributed by atoms with Gasteiger partial charge < -0.3 is 19.9 Å². The van der Waals surface area contributed by atoms with Crippen LogP contribution in [0.1, 0.15) is 88.5 Å². The Morgan fingerprint density at radius 1 is 1.11 bits per heavy atom. The van der Waals surface area contributed by atoms with Gasteiger partial charge in [0.05, 0.1) is 19.2 Å². The zero-order valence-corrected chi connectivity index (χ0v) is 25.0. The van der Waals surface area contributed by atoms with Gasteiger partial charge in [0.25, 0.3) is 0 Å². The van der Waals surface area contributed by atoms with Gasteiger partial charge in [0.1, 0.15) is 6.04 Å². The largest absolute Gasteiger partial charge is 0.467 e. The molecular weight excluding hydrogens is 454 g/mol. The second-order valence-electron chi connectivity index (χ2n) is 12.9. The standard InChI is InChI=1S/C29H53N3O4/c1-13-21(28(5,6)7)18-30-24(29(8,9)10)26(34)31(11)23(19(2)3)17-20(4)25(33)32-16-14-15-22(32)27(35)36-12/h17,19,21-24,30H,13-16,18H2,1-12H3/b20-17+/t21-,22+,23-,24-/m1/s1. The normalized spacial score (nSPS) is 19.8. The van der Waals surface area contributed by atoms with E-state index in [1.54, 1.807) is 16.7 Å². The van der Waals surface area contributed by atoms with Crippen molar-refractivity contribution in [1.29, 1.82) is 0 Å². The van der Waals surface area contributed by atoms with E-state index in [2.05, 4.69) is 67.6 Å². The molecule has 208 valence electrons. The number of carbonyl (C=O) groups is 3. The van der Waals surface area contributed by atoms with Gasteiger partial charge in [0.2, 0.25) is 11.8 Å². The summed E-state index contributed by atoms with van der Waals surface area (Å²) in [6, 6.07) is -1.14. The topological polar surface area (TPSA) is 79.0 Å². The lowest BCUT2D eigenvalue weighted by Gasteiger charge is -2.39. The Kier molecular flexibility index (Phi) is 11.7. The van der Waals surface area contributed by atoms with Crippen molar-refractivity contribution >= 4 is 17.8 Å². The predicted octanol–water partition coefficient (Wildman–Crippen LogP) is 4.66. The zero-order chi connectivity index (χ0) is 28.0. The molecule has 0 aromatic rings. The van der Waals surface area contributed by atoms with E-state index in [1.807, 2.05) is 13.1 Å². The van der Waals surface area contributed by atoms with E-state index in [9.17, 15) is 14.4 Å². The first kappa shape index (κ1) is 32.1. The molecule has 1 N–H and O–H groups in total. The lowest BCUT2D eigenvalue weighted by Crippen LogP contribution is -2.56. The fraction of sp³-hybridized carbons (Fsp3) is 0.828. The molecule has 1 aliphatic rings. The number of rotatable bonds is 10. The number of hydrogen-bond donors (Lipinski definition) is 1. The summed E-state index contributed by atoms with van der Waals surface area (Å²) in [5.74, 6) is 0.0339. The van der Waals surface area contributed by atoms with Crippen LogP contribution >= 0.6 is 0 Å². The molecule has 0 aromatic heterocycles. The molecule has 1 aliphatic heterocycles. The highest BCUT2D eigenvalue weighted by atomic mass is 16.5. The molecule has 0 aromatic carbocycles. The number of esters is 1. The quantitative estimate of drug-likeness (QED) is 0.344. The van der Waals surface area contributed by atoms with E-state index in [-0.39, 0.29) is 46.6 Å². The van der Waals surface area contributed by atoms with Crippen molar-refractivity contribution in [2.75, 3.05) is 27.2 Å². The Hall–Kier alpha value is -1.89. The van der Waals surface area contributed by atoms with Crippen molar-refractivity contribution in [1.82, 2.24) is 15.1 Å². The summed E-state index contributed by atoms with van der Waals surface area (Å²) in [5.41, 5.74) is 0.418. The van der Waals surface area contributed by atoms with Crippen molar-refractivity contribution in [2.45, 2.75) is 107 Å². The molecule has 0 bridgehead atoms. The van der Waals surface area contributed by atoms with Crippen LogP contribution in [0.3, 0.4) is 0 Å². The van der Waals surface area contributed by atoms with Crippen molar-refractivity contribution in [2.24, 2.45) is 22.7 Å². The predicted molar refractivity (Wildman–Crippen MR) is 146 cm³/mol. The smallest absolute Gasteiger partial charge is 0.328 e. The molecular formula is C29H53N3O4. The van der Waals surface area contributed by atoms with Crippen molar-refractivity contribution in [3.8, 4) is 0 Å². The maximum absolute atomic E-state index is 13.9. The fourth-order valence-corrected chi connectivity index (χ4v) is 5.13. The van der Waals surface area contributed by atoms with Crippen LogP contribution in [0.5, 0.6) is 0 Å². The maximum Gasteiger partial charge on any atom is 0.328 e. The Morgan fingerprint density at radius 3 is 2.14 bits per heavy atom. The first-order valence-electron chi connectivity index (χ1n) is 13.5. The molecule has 1 fully saturated rings. The van der Waals surface area contributed by atoms with Crippen LogP contribution in [0.4, 0.5) is 0 Å². The molecule has 36 heavy (non-hydrogen) atoms. The van der Waals surface area contributed by atoms with E-state index in [1.165, 1.54) is 7.11 Å². The summed E-state index contributed by atoms with van der Waals surface area (Å²) in [5, 5.41) is 3.60.